The normalized spacial score (nSPS) is 11.7. The number of nitrogens with zero attached hydrogens (tertiary/aromatic N) is 3. The number of rotatable bonds is 5. The first-order chi connectivity index (χ1) is 24.3. The fourth-order valence-electron chi connectivity index (χ4n) is 7.37. The lowest BCUT2D eigenvalue weighted by Gasteiger charge is -2.26. The molecule has 10 rings (SSSR count). The summed E-state index contributed by atoms with van der Waals surface area (Å²) < 4.78 is 8.68. The molecule has 0 amide bonds. The van der Waals surface area contributed by atoms with Gasteiger partial charge in [-0.1, -0.05) is 97.1 Å². The van der Waals surface area contributed by atoms with Crippen molar-refractivity contribution in [3.63, 3.8) is 0 Å². The smallest absolute Gasteiger partial charge is 0.153 e. The first-order valence-electron chi connectivity index (χ1n) is 16.5. The third-order valence-corrected chi connectivity index (χ3v) is 9.62. The number of anilines is 3. The van der Waals surface area contributed by atoms with E-state index < -0.39 is 0 Å². The van der Waals surface area contributed by atoms with Gasteiger partial charge in [0, 0.05) is 51.0 Å². The minimum absolute atomic E-state index is 0.790. The molecule has 0 atom stereocenters. The highest BCUT2D eigenvalue weighted by Crippen LogP contribution is 2.41. The van der Waals surface area contributed by atoms with Gasteiger partial charge in [-0.15, -0.1) is 0 Å². The molecule has 49 heavy (non-hydrogen) atoms. The van der Waals surface area contributed by atoms with Crippen LogP contribution in [0.1, 0.15) is 0 Å². The molecule has 0 aliphatic rings. The Labute approximate surface area is 282 Å². The Kier molecular flexibility index (Phi) is 6.15. The molecule has 3 aromatic heterocycles. The number of benzene rings is 7. The highest BCUT2D eigenvalue weighted by atomic mass is 16.3. The molecule has 0 spiro atoms. The molecular weight excluding hydrogens is 599 g/mol. The Bertz CT molecular complexity index is 2790. The van der Waals surface area contributed by atoms with E-state index in [1.807, 2.05) is 18.3 Å². The molecule has 0 unspecified atom stereocenters. The van der Waals surface area contributed by atoms with Crippen molar-refractivity contribution >= 4 is 71.7 Å². The number of hydrogen-bond acceptors (Lipinski definition) is 3. The van der Waals surface area contributed by atoms with Gasteiger partial charge in [-0.05, 0) is 83.1 Å². The topological polar surface area (TPSA) is 34.2 Å². The van der Waals surface area contributed by atoms with Crippen LogP contribution in [-0.2, 0) is 0 Å². The van der Waals surface area contributed by atoms with E-state index in [0.29, 0.717) is 0 Å². The molecule has 0 fully saturated rings. The van der Waals surface area contributed by atoms with Gasteiger partial charge < -0.3 is 13.9 Å². The second kappa shape index (κ2) is 11.0. The average Bonchev–Trinajstić information content (AvgIpc) is 3.71. The Hall–Kier alpha value is -6.65. The SMILES string of the molecule is c1ccc(-n2c3ccccc3c3ccccc32)c(-c2ccc(N(c3ccc4ccccc4c3)c3ccc4c(c3)oc3cccnc34)cc2)c1. The number of para-hydroxylation sites is 3. The fraction of sp³-hybridized carbons (Fsp3) is 0. The first-order valence-corrected chi connectivity index (χ1v) is 16.5. The van der Waals surface area contributed by atoms with Gasteiger partial charge in [0.15, 0.2) is 5.58 Å². The zero-order valence-corrected chi connectivity index (χ0v) is 26.5. The lowest BCUT2D eigenvalue weighted by molar-refractivity contribution is 0.668. The Morgan fingerprint density at radius 1 is 0.469 bits per heavy atom. The molecule has 7 aromatic carbocycles. The van der Waals surface area contributed by atoms with Crippen LogP contribution in [0, 0.1) is 0 Å². The van der Waals surface area contributed by atoms with Gasteiger partial charge in [0.25, 0.3) is 0 Å². The molecule has 0 bridgehead atoms. The minimum Gasteiger partial charge on any atom is -0.454 e. The van der Waals surface area contributed by atoms with Gasteiger partial charge >= 0.3 is 0 Å². The molecule has 230 valence electrons. The second-order valence-corrected chi connectivity index (χ2v) is 12.4. The van der Waals surface area contributed by atoms with Crippen molar-refractivity contribution in [3.8, 4) is 16.8 Å². The molecular formula is C45H29N3O. The molecule has 0 radical (unpaired) electrons. The summed E-state index contributed by atoms with van der Waals surface area (Å²) in [5.74, 6) is 0. The molecule has 0 aliphatic carbocycles. The van der Waals surface area contributed by atoms with Crippen LogP contribution in [0.2, 0.25) is 0 Å². The van der Waals surface area contributed by atoms with Gasteiger partial charge in [0.2, 0.25) is 0 Å². The zero-order valence-electron chi connectivity index (χ0n) is 26.5. The Balaban J connectivity index is 1.12. The highest BCUT2D eigenvalue weighted by molar-refractivity contribution is 6.10. The van der Waals surface area contributed by atoms with Crippen LogP contribution in [0.15, 0.2) is 180 Å². The number of fused-ring (bicyclic) bond motifs is 7. The van der Waals surface area contributed by atoms with Crippen molar-refractivity contribution < 1.29 is 4.42 Å². The van der Waals surface area contributed by atoms with E-state index in [1.54, 1.807) is 0 Å². The van der Waals surface area contributed by atoms with E-state index in [9.17, 15) is 0 Å². The molecule has 0 saturated carbocycles. The summed E-state index contributed by atoms with van der Waals surface area (Å²) in [6.07, 6.45) is 1.81. The van der Waals surface area contributed by atoms with Crippen molar-refractivity contribution in [1.82, 2.24) is 9.55 Å². The van der Waals surface area contributed by atoms with Crippen LogP contribution < -0.4 is 4.90 Å². The van der Waals surface area contributed by atoms with Gasteiger partial charge in [0.1, 0.15) is 11.1 Å². The summed E-state index contributed by atoms with van der Waals surface area (Å²) in [4.78, 5) is 6.88. The molecule has 0 N–H and O–H groups in total. The van der Waals surface area contributed by atoms with E-state index >= 15 is 0 Å². The predicted molar refractivity (Wildman–Crippen MR) is 203 cm³/mol. The van der Waals surface area contributed by atoms with Crippen molar-refractivity contribution in [2.24, 2.45) is 0 Å². The number of furan rings is 1. The van der Waals surface area contributed by atoms with Crippen molar-refractivity contribution in [3.05, 3.63) is 176 Å². The maximum absolute atomic E-state index is 6.28. The lowest BCUT2D eigenvalue weighted by Crippen LogP contribution is -2.09. The van der Waals surface area contributed by atoms with Gasteiger partial charge in [0.05, 0.1) is 16.7 Å². The van der Waals surface area contributed by atoms with Crippen molar-refractivity contribution in [1.29, 1.82) is 0 Å². The van der Waals surface area contributed by atoms with Crippen LogP contribution in [0.25, 0.3) is 71.5 Å². The van der Waals surface area contributed by atoms with Gasteiger partial charge in [-0.3, -0.25) is 4.98 Å². The minimum atomic E-state index is 0.790. The van der Waals surface area contributed by atoms with Crippen LogP contribution in [-0.4, -0.2) is 9.55 Å². The monoisotopic (exact) mass is 627 g/mol. The summed E-state index contributed by atoms with van der Waals surface area (Å²) in [6, 6.07) is 60.4. The first kappa shape index (κ1) is 27.5. The fourth-order valence-corrected chi connectivity index (χ4v) is 7.37. The summed E-state index contributed by atoms with van der Waals surface area (Å²) >= 11 is 0. The van der Waals surface area contributed by atoms with Crippen LogP contribution >= 0.6 is 0 Å². The maximum atomic E-state index is 6.28. The number of aromatic nitrogens is 2. The predicted octanol–water partition coefficient (Wildman–Crippen LogP) is 12.4. The van der Waals surface area contributed by atoms with Gasteiger partial charge in [-0.25, -0.2) is 0 Å². The summed E-state index contributed by atoms with van der Waals surface area (Å²) in [7, 11) is 0. The number of pyridine rings is 1. The molecule has 3 heterocycles. The number of hydrogen-bond donors (Lipinski definition) is 0. The maximum Gasteiger partial charge on any atom is 0.153 e. The van der Waals surface area contributed by atoms with Crippen LogP contribution in [0.3, 0.4) is 0 Å². The summed E-state index contributed by atoms with van der Waals surface area (Å²) in [6.45, 7) is 0. The van der Waals surface area contributed by atoms with E-state index in [2.05, 4.69) is 172 Å². The van der Waals surface area contributed by atoms with E-state index in [1.165, 1.54) is 38.1 Å². The van der Waals surface area contributed by atoms with Crippen molar-refractivity contribution in [2.45, 2.75) is 0 Å². The third-order valence-electron chi connectivity index (χ3n) is 9.62. The lowest BCUT2D eigenvalue weighted by atomic mass is 10.0. The van der Waals surface area contributed by atoms with E-state index in [0.717, 1.165) is 50.4 Å². The molecule has 10 aromatic rings. The highest BCUT2D eigenvalue weighted by Gasteiger charge is 2.18. The molecule has 0 aliphatic heterocycles. The standard InChI is InChI=1S/C45H29N3O/c1-2-11-32-28-34(24-19-30(32)10-1)47(35-25-26-39-44(29-35)49-43-18-9-27-46-45(39)43)33-22-20-31(21-23-33)36-12-3-6-15-40(36)48-41-16-7-4-13-37(41)38-14-5-8-17-42(38)48/h1-29H. The van der Waals surface area contributed by atoms with E-state index in [-0.39, 0.29) is 0 Å². The molecule has 4 heteroatoms. The quantitative estimate of drug-likeness (QED) is 0.190. The molecule has 0 saturated heterocycles. The largest absolute Gasteiger partial charge is 0.454 e. The summed E-state index contributed by atoms with van der Waals surface area (Å²) in [5.41, 5.74) is 11.5. The average molecular weight is 628 g/mol. The Morgan fingerprint density at radius 3 is 1.94 bits per heavy atom. The zero-order chi connectivity index (χ0) is 32.3. The van der Waals surface area contributed by atoms with E-state index in [4.69, 9.17) is 4.42 Å². The van der Waals surface area contributed by atoms with Gasteiger partial charge in [-0.2, -0.15) is 0 Å². The second-order valence-electron chi connectivity index (χ2n) is 12.4. The Morgan fingerprint density at radius 2 is 1.12 bits per heavy atom. The third kappa shape index (κ3) is 4.42. The van der Waals surface area contributed by atoms with Crippen LogP contribution in [0.4, 0.5) is 17.1 Å². The molecule has 4 nitrogen and oxygen atoms in total. The summed E-state index contributed by atoms with van der Waals surface area (Å²) in [5, 5.41) is 5.92. The van der Waals surface area contributed by atoms with Crippen LogP contribution in [0.5, 0.6) is 0 Å². The van der Waals surface area contributed by atoms with Crippen molar-refractivity contribution in [2.75, 3.05) is 4.90 Å².